The molecule has 0 atom stereocenters. The van der Waals surface area contributed by atoms with Gasteiger partial charge in [-0.25, -0.2) is 4.79 Å². The molecule has 1 rings (SSSR count). The lowest BCUT2D eigenvalue weighted by atomic mass is 9.97. The number of phenolic OH excluding ortho intramolecular Hbond substituents is 1. The van der Waals surface area contributed by atoms with Crippen molar-refractivity contribution in [3.8, 4) is 5.75 Å². The zero-order valence-corrected chi connectivity index (χ0v) is 19.5. The number of aromatic carboxylic acids is 1. The van der Waals surface area contributed by atoms with Crippen LogP contribution in [0.25, 0.3) is 0 Å². The molecule has 164 valence electrons. The number of hydrogen-bond acceptors (Lipinski definition) is 2. The highest BCUT2D eigenvalue weighted by Gasteiger charge is 2.13. The molecule has 0 aliphatic heterocycles. The zero-order valence-electron chi connectivity index (χ0n) is 19.5. The Morgan fingerprint density at radius 1 is 0.767 bits per heavy atom. The summed E-state index contributed by atoms with van der Waals surface area (Å²) in [6.07, 6.45) is 13.6. The smallest absolute Gasteiger partial charge is 0.335 e. The third-order valence-corrected chi connectivity index (χ3v) is 5.04. The number of phenols is 1. The van der Waals surface area contributed by atoms with Crippen molar-refractivity contribution >= 4 is 5.97 Å². The van der Waals surface area contributed by atoms with Crippen molar-refractivity contribution in [2.75, 3.05) is 0 Å². The molecular weight excluding hydrogens is 372 g/mol. The third-order valence-electron chi connectivity index (χ3n) is 5.04. The minimum atomic E-state index is -0.967. The van der Waals surface area contributed by atoms with Crippen molar-refractivity contribution in [1.82, 2.24) is 0 Å². The number of carbonyl (C=O) groups is 1. The van der Waals surface area contributed by atoms with Crippen molar-refractivity contribution in [3.63, 3.8) is 0 Å². The van der Waals surface area contributed by atoms with Crippen molar-refractivity contribution in [2.45, 2.75) is 80.1 Å². The van der Waals surface area contributed by atoms with Gasteiger partial charge in [-0.15, -0.1) is 0 Å². The van der Waals surface area contributed by atoms with E-state index in [0.29, 0.717) is 24.0 Å². The fraction of sp³-hybridized carbons (Fsp3) is 0.444. The van der Waals surface area contributed by atoms with Gasteiger partial charge in [0.25, 0.3) is 0 Å². The van der Waals surface area contributed by atoms with Crippen molar-refractivity contribution in [3.05, 3.63) is 75.4 Å². The first-order valence-electron chi connectivity index (χ1n) is 10.8. The van der Waals surface area contributed by atoms with Gasteiger partial charge in [0.05, 0.1) is 5.56 Å². The zero-order chi connectivity index (χ0) is 22.7. The Morgan fingerprint density at radius 2 is 1.17 bits per heavy atom. The van der Waals surface area contributed by atoms with Gasteiger partial charge < -0.3 is 10.2 Å². The molecule has 0 amide bonds. The van der Waals surface area contributed by atoms with Crippen LogP contribution >= 0.6 is 0 Å². The summed E-state index contributed by atoms with van der Waals surface area (Å²) >= 11 is 0. The Balaban J connectivity index is 2.98. The topological polar surface area (TPSA) is 57.5 Å². The number of carboxylic acids is 1. The molecular formula is C27H38O3. The lowest BCUT2D eigenvalue weighted by molar-refractivity contribution is 0.0696. The second kappa shape index (κ2) is 12.9. The molecule has 0 aliphatic rings. The van der Waals surface area contributed by atoms with Gasteiger partial charge in [0.15, 0.2) is 0 Å². The Kier molecular flexibility index (Phi) is 11.0. The molecule has 0 aliphatic carbocycles. The van der Waals surface area contributed by atoms with Gasteiger partial charge >= 0.3 is 5.97 Å². The number of rotatable bonds is 11. The van der Waals surface area contributed by atoms with Crippen LogP contribution in [-0.2, 0) is 12.8 Å². The van der Waals surface area contributed by atoms with Crippen molar-refractivity contribution < 1.29 is 15.0 Å². The summed E-state index contributed by atoms with van der Waals surface area (Å²) in [4.78, 5) is 11.6. The number of hydrogen-bond donors (Lipinski definition) is 2. The van der Waals surface area contributed by atoms with Crippen LogP contribution in [0.1, 0.15) is 88.7 Å². The number of allylic oxidation sites excluding steroid dienone is 8. The molecule has 0 unspecified atom stereocenters. The van der Waals surface area contributed by atoms with Gasteiger partial charge in [-0.05, 0) is 103 Å². The maximum Gasteiger partial charge on any atom is 0.335 e. The first-order valence-corrected chi connectivity index (χ1v) is 10.8. The summed E-state index contributed by atoms with van der Waals surface area (Å²) in [7, 11) is 0. The summed E-state index contributed by atoms with van der Waals surface area (Å²) in [5.74, 6) is -0.757. The fourth-order valence-electron chi connectivity index (χ4n) is 3.14. The van der Waals surface area contributed by atoms with Gasteiger partial charge in [0.2, 0.25) is 0 Å². The quantitative estimate of drug-likeness (QED) is 0.370. The second-order valence-corrected chi connectivity index (χ2v) is 8.60. The SMILES string of the molecule is CC(C)=CCC/C(C)=C/Cc1cc(C(=O)O)cc(C/C=C(\C)CCC=C(C)C)c1O. The van der Waals surface area contributed by atoms with Gasteiger partial charge in [0, 0.05) is 0 Å². The lowest BCUT2D eigenvalue weighted by Crippen LogP contribution is -2.01. The van der Waals surface area contributed by atoms with E-state index in [1.807, 2.05) is 0 Å². The summed E-state index contributed by atoms with van der Waals surface area (Å²) in [6, 6.07) is 3.18. The second-order valence-electron chi connectivity index (χ2n) is 8.60. The highest BCUT2D eigenvalue weighted by Crippen LogP contribution is 2.27. The highest BCUT2D eigenvalue weighted by atomic mass is 16.4. The third kappa shape index (κ3) is 9.78. The van der Waals surface area contributed by atoms with E-state index in [2.05, 4.69) is 65.8 Å². The van der Waals surface area contributed by atoms with E-state index in [4.69, 9.17) is 0 Å². The fourth-order valence-corrected chi connectivity index (χ4v) is 3.14. The monoisotopic (exact) mass is 410 g/mol. The number of benzene rings is 1. The molecule has 3 nitrogen and oxygen atoms in total. The first-order chi connectivity index (χ1) is 14.1. The molecule has 0 saturated heterocycles. The van der Waals surface area contributed by atoms with Crippen LogP contribution in [0.5, 0.6) is 5.75 Å². The summed E-state index contributed by atoms with van der Waals surface area (Å²) < 4.78 is 0. The molecule has 30 heavy (non-hydrogen) atoms. The number of carboxylic acid groups (broad SMARTS) is 1. The number of aromatic hydroxyl groups is 1. The van der Waals surface area contributed by atoms with Crippen molar-refractivity contribution in [1.29, 1.82) is 0 Å². The van der Waals surface area contributed by atoms with Gasteiger partial charge in [-0.2, -0.15) is 0 Å². The summed E-state index contributed by atoms with van der Waals surface area (Å²) in [5.41, 5.74) is 6.66. The average molecular weight is 411 g/mol. The molecule has 0 fully saturated rings. The molecule has 0 aromatic heterocycles. The van der Waals surface area contributed by atoms with E-state index >= 15 is 0 Å². The highest BCUT2D eigenvalue weighted by molar-refractivity contribution is 5.88. The standard InChI is InChI=1S/C27H38O3/c1-19(2)9-7-11-21(5)13-15-23-17-25(27(29)30)18-24(26(23)28)16-14-22(6)12-8-10-20(3)4/h9-10,13-14,17-18,28H,7-8,11-12,15-16H2,1-6H3,(H,29,30)/b21-13+,22-14+. The molecule has 2 N–H and O–H groups in total. The lowest BCUT2D eigenvalue weighted by Gasteiger charge is -2.11. The van der Waals surface area contributed by atoms with Crippen LogP contribution in [0.2, 0.25) is 0 Å². The first kappa shape index (κ1) is 25.5. The van der Waals surface area contributed by atoms with Crippen molar-refractivity contribution in [2.24, 2.45) is 0 Å². The van der Waals surface area contributed by atoms with E-state index in [-0.39, 0.29) is 11.3 Å². The molecule has 0 heterocycles. The molecule has 0 saturated carbocycles. The van der Waals surface area contributed by atoms with Gasteiger partial charge in [-0.3, -0.25) is 0 Å². The van der Waals surface area contributed by atoms with Crippen LogP contribution < -0.4 is 0 Å². The van der Waals surface area contributed by atoms with E-state index in [1.165, 1.54) is 22.3 Å². The molecule has 1 aromatic carbocycles. The Morgan fingerprint density at radius 3 is 1.50 bits per heavy atom. The van der Waals surface area contributed by atoms with E-state index < -0.39 is 5.97 Å². The van der Waals surface area contributed by atoms with Crippen LogP contribution in [0.15, 0.2) is 58.7 Å². The molecule has 3 heteroatoms. The minimum Gasteiger partial charge on any atom is -0.507 e. The summed E-state index contributed by atoms with van der Waals surface area (Å²) in [6.45, 7) is 12.5. The Labute approximate surface area is 182 Å². The molecule has 0 radical (unpaired) electrons. The summed E-state index contributed by atoms with van der Waals surface area (Å²) in [5, 5.41) is 20.2. The Hall–Kier alpha value is -2.55. The van der Waals surface area contributed by atoms with E-state index in [9.17, 15) is 15.0 Å². The molecule has 1 aromatic rings. The van der Waals surface area contributed by atoms with Crippen LogP contribution in [0.3, 0.4) is 0 Å². The largest absolute Gasteiger partial charge is 0.507 e. The predicted molar refractivity (Wildman–Crippen MR) is 127 cm³/mol. The van der Waals surface area contributed by atoms with E-state index in [1.54, 1.807) is 12.1 Å². The maximum absolute atomic E-state index is 11.6. The Bertz CT molecular complexity index is 782. The minimum absolute atomic E-state index is 0.210. The van der Waals surface area contributed by atoms with Crippen LogP contribution in [0, 0.1) is 0 Å². The van der Waals surface area contributed by atoms with Crippen LogP contribution in [0.4, 0.5) is 0 Å². The predicted octanol–water partition coefficient (Wildman–Crippen LogP) is 7.56. The molecule has 0 spiro atoms. The average Bonchev–Trinajstić information content (AvgIpc) is 2.65. The maximum atomic E-state index is 11.6. The molecule has 0 bridgehead atoms. The van der Waals surface area contributed by atoms with Gasteiger partial charge in [0.1, 0.15) is 5.75 Å². The normalized spacial score (nSPS) is 11.9. The van der Waals surface area contributed by atoms with Crippen LogP contribution in [-0.4, -0.2) is 16.2 Å². The van der Waals surface area contributed by atoms with Gasteiger partial charge in [-0.1, -0.05) is 46.6 Å². The van der Waals surface area contributed by atoms with E-state index in [0.717, 1.165) is 25.7 Å².